The van der Waals surface area contributed by atoms with Crippen molar-refractivity contribution in [2.75, 3.05) is 14.2 Å². The van der Waals surface area contributed by atoms with Crippen LogP contribution in [0.5, 0.6) is 0 Å². The van der Waals surface area contributed by atoms with Crippen molar-refractivity contribution >= 4 is 23.4 Å². The van der Waals surface area contributed by atoms with Crippen LogP contribution in [0, 0.1) is 11.3 Å². The second-order valence-electron chi connectivity index (χ2n) is 5.76. The summed E-state index contributed by atoms with van der Waals surface area (Å²) in [7, 11) is 2.74. The van der Waals surface area contributed by atoms with E-state index in [-0.39, 0.29) is 6.42 Å². The molecule has 0 aromatic carbocycles. The van der Waals surface area contributed by atoms with Crippen LogP contribution < -0.4 is 0 Å². The molecule has 1 heterocycles. The van der Waals surface area contributed by atoms with Crippen LogP contribution in [0.3, 0.4) is 0 Å². The number of esters is 1. The lowest BCUT2D eigenvalue weighted by Gasteiger charge is -2.29. The van der Waals surface area contributed by atoms with Gasteiger partial charge in [-0.15, -0.1) is 0 Å². The van der Waals surface area contributed by atoms with E-state index >= 15 is 0 Å². The van der Waals surface area contributed by atoms with Gasteiger partial charge in [-0.25, -0.2) is 9.59 Å². The van der Waals surface area contributed by atoms with Crippen LogP contribution in [0.4, 0.5) is 4.79 Å². The van der Waals surface area contributed by atoms with E-state index < -0.39 is 23.7 Å². The predicted octanol–water partition coefficient (Wildman–Crippen LogP) is 2.57. The first-order valence-corrected chi connectivity index (χ1v) is 7.62. The molecule has 0 aliphatic rings. The highest BCUT2D eigenvalue weighted by molar-refractivity contribution is 7.08. The van der Waals surface area contributed by atoms with Crippen LogP contribution in [0.25, 0.3) is 0 Å². The summed E-state index contributed by atoms with van der Waals surface area (Å²) in [5.41, 5.74) is 0.543. The van der Waals surface area contributed by atoms with Crippen molar-refractivity contribution in [1.29, 1.82) is 5.26 Å². The van der Waals surface area contributed by atoms with Crippen molar-refractivity contribution in [1.82, 2.24) is 4.90 Å². The third kappa shape index (κ3) is 4.74. The van der Waals surface area contributed by atoms with E-state index in [1.165, 1.54) is 30.4 Å². The Labute approximate surface area is 134 Å². The van der Waals surface area contributed by atoms with E-state index in [2.05, 4.69) is 6.07 Å². The van der Waals surface area contributed by atoms with Gasteiger partial charge in [-0.1, -0.05) is 0 Å². The van der Waals surface area contributed by atoms with E-state index in [4.69, 9.17) is 14.7 Å². The first-order chi connectivity index (χ1) is 10.2. The van der Waals surface area contributed by atoms with Gasteiger partial charge in [0.15, 0.2) is 0 Å². The zero-order chi connectivity index (χ0) is 16.9. The molecule has 1 rings (SSSR count). The molecule has 6 nitrogen and oxygen atoms in total. The van der Waals surface area contributed by atoms with Gasteiger partial charge in [0.1, 0.15) is 17.7 Å². The first-order valence-electron chi connectivity index (χ1n) is 6.68. The normalized spacial score (nSPS) is 12.2. The van der Waals surface area contributed by atoms with Crippen LogP contribution in [0.15, 0.2) is 10.8 Å². The van der Waals surface area contributed by atoms with Crippen LogP contribution >= 0.6 is 11.3 Å². The maximum atomic E-state index is 12.1. The lowest BCUT2D eigenvalue weighted by molar-refractivity contribution is -0.146. The lowest BCUT2D eigenvalue weighted by Crippen LogP contribution is -2.46. The predicted molar refractivity (Wildman–Crippen MR) is 82.5 cm³/mol. The number of carbonyl (C=O) groups excluding carboxylic acids is 2. The zero-order valence-electron chi connectivity index (χ0n) is 13.4. The van der Waals surface area contributed by atoms with E-state index in [9.17, 15) is 9.59 Å². The minimum atomic E-state index is -0.846. The Bertz CT molecular complexity index is 583. The molecular formula is C15H20N2O4S. The Morgan fingerprint density at radius 2 is 2.05 bits per heavy atom. The topological polar surface area (TPSA) is 79.6 Å². The number of hydrogen-bond donors (Lipinski definition) is 0. The molecule has 0 spiro atoms. The van der Waals surface area contributed by atoms with Gasteiger partial charge >= 0.3 is 12.1 Å². The van der Waals surface area contributed by atoms with Gasteiger partial charge < -0.3 is 9.47 Å². The smallest absolute Gasteiger partial charge is 0.410 e. The van der Waals surface area contributed by atoms with Crippen molar-refractivity contribution < 1.29 is 19.1 Å². The van der Waals surface area contributed by atoms with Crippen molar-refractivity contribution in [2.24, 2.45) is 0 Å². The highest BCUT2D eigenvalue weighted by Gasteiger charge is 2.31. The number of amides is 1. The summed E-state index contributed by atoms with van der Waals surface area (Å²) in [6.45, 7) is 5.25. The Morgan fingerprint density at radius 1 is 1.41 bits per heavy atom. The van der Waals surface area contributed by atoms with Crippen molar-refractivity contribution in [3.8, 4) is 6.07 Å². The van der Waals surface area contributed by atoms with Crippen LogP contribution in [-0.2, 0) is 20.7 Å². The number of methoxy groups -OCH3 is 1. The van der Waals surface area contributed by atoms with Crippen LogP contribution in [-0.4, -0.2) is 42.8 Å². The number of nitriles is 1. The van der Waals surface area contributed by atoms with E-state index in [0.717, 1.165) is 0 Å². The minimum Gasteiger partial charge on any atom is -0.467 e. The maximum Gasteiger partial charge on any atom is 0.410 e. The molecule has 7 heteroatoms. The Hall–Kier alpha value is -2.07. The molecule has 0 aliphatic carbocycles. The standard InChI is InChI=1S/C15H20N2O4S/c1-15(2,3)21-14(19)17(4)12(13(18)20-5)6-10-8-22-9-11(10)7-16/h8-9,12H,6H2,1-5H3. The second-order valence-corrected chi connectivity index (χ2v) is 6.50. The molecular weight excluding hydrogens is 304 g/mol. The number of hydrogen-bond acceptors (Lipinski definition) is 6. The molecule has 1 atom stereocenters. The van der Waals surface area contributed by atoms with E-state index in [1.807, 2.05) is 0 Å². The molecule has 0 radical (unpaired) electrons. The van der Waals surface area contributed by atoms with Gasteiger partial charge in [-0.3, -0.25) is 4.90 Å². The molecule has 0 saturated carbocycles. The number of rotatable bonds is 4. The molecule has 0 fully saturated rings. The Kier molecular flexibility index (Phi) is 5.94. The van der Waals surface area contributed by atoms with Crippen molar-refractivity contribution in [2.45, 2.75) is 38.8 Å². The Morgan fingerprint density at radius 3 is 2.55 bits per heavy atom. The van der Waals surface area contributed by atoms with Gasteiger partial charge in [-0.2, -0.15) is 16.6 Å². The molecule has 0 saturated heterocycles. The van der Waals surface area contributed by atoms with Gasteiger partial charge in [0.05, 0.1) is 12.7 Å². The van der Waals surface area contributed by atoms with Crippen molar-refractivity contribution in [3.05, 3.63) is 21.9 Å². The first kappa shape index (κ1) is 18.0. The molecule has 1 aromatic rings. The summed E-state index contributed by atoms with van der Waals surface area (Å²) in [6, 6.07) is 1.22. The second kappa shape index (κ2) is 7.27. The fraction of sp³-hybridized carbons (Fsp3) is 0.533. The van der Waals surface area contributed by atoms with E-state index in [1.54, 1.807) is 31.5 Å². The molecule has 0 N–H and O–H groups in total. The number of likely N-dealkylation sites (N-methyl/N-ethyl adjacent to an activating group) is 1. The number of carbonyl (C=O) groups is 2. The summed E-state index contributed by atoms with van der Waals surface area (Å²) in [5.74, 6) is -0.552. The van der Waals surface area contributed by atoms with Gasteiger partial charge in [0.2, 0.25) is 0 Å². The Balaban J connectivity index is 2.96. The summed E-state index contributed by atoms with van der Waals surface area (Å²) >= 11 is 1.37. The molecule has 1 unspecified atom stereocenters. The summed E-state index contributed by atoms with van der Waals surface area (Å²) in [4.78, 5) is 25.3. The van der Waals surface area contributed by atoms with Gasteiger partial charge in [-0.05, 0) is 31.7 Å². The lowest BCUT2D eigenvalue weighted by atomic mass is 10.0. The summed E-state index contributed by atoms with van der Waals surface area (Å²) in [6.07, 6.45) is -0.411. The average Bonchev–Trinajstić information content (AvgIpc) is 2.88. The van der Waals surface area contributed by atoms with Crippen LogP contribution in [0.1, 0.15) is 31.9 Å². The fourth-order valence-electron chi connectivity index (χ4n) is 1.76. The molecule has 1 amide bonds. The zero-order valence-corrected chi connectivity index (χ0v) is 14.2. The highest BCUT2D eigenvalue weighted by atomic mass is 32.1. The summed E-state index contributed by atoms with van der Waals surface area (Å²) < 4.78 is 10.0. The number of nitrogens with zero attached hydrogens (tertiary/aromatic N) is 2. The monoisotopic (exact) mass is 324 g/mol. The molecule has 120 valence electrons. The van der Waals surface area contributed by atoms with Crippen LogP contribution in [0.2, 0.25) is 0 Å². The maximum absolute atomic E-state index is 12.1. The van der Waals surface area contributed by atoms with Gasteiger partial charge in [0.25, 0.3) is 0 Å². The molecule has 1 aromatic heterocycles. The molecule has 0 aliphatic heterocycles. The van der Waals surface area contributed by atoms with Crippen molar-refractivity contribution in [3.63, 3.8) is 0 Å². The largest absolute Gasteiger partial charge is 0.467 e. The average molecular weight is 324 g/mol. The highest BCUT2D eigenvalue weighted by Crippen LogP contribution is 2.19. The molecule has 22 heavy (non-hydrogen) atoms. The number of ether oxygens (including phenoxy) is 2. The fourth-order valence-corrected chi connectivity index (χ4v) is 2.56. The third-order valence-corrected chi connectivity index (χ3v) is 3.69. The minimum absolute atomic E-state index is 0.203. The molecule has 0 bridgehead atoms. The van der Waals surface area contributed by atoms with E-state index in [0.29, 0.717) is 11.1 Å². The summed E-state index contributed by atoms with van der Waals surface area (Å²) in [5, 5.41) is 12.5. The number of thiophene rings is 1. The quantitative estimate of drug-likeness (QED) is 0.795. The third-order valence-electron chi connectivity index (χ3n) is 2.90. The van der Waals surface area contributed by atoms with Gasteiger partial charge in [0, 0.05) is 18.8 Å². The SMILES string of the molecule is COC(=O)C(Cc1cscc1C#N)N(C)C(=O)OC(C)(C)C.